The lowest BCUT2D eigenvalue weighted by Crippen LogP contribution is -2.44. The quantitative estimate of drug-likeness (QED) is 0.808. The summed E-state index contributed by atoms with van der Waals surface area (Å²) < 4.78 is 5.09. The summed E-state index contributed by atoms with van der Waals surface area (Å²) in [6.07, 6.45) is 2.91. The highest BCUT2D eigenvalue weighted by molar-refractivity contribution is 5.87. The first kappa shape index (κ1) is 14.7. The highest BCUT2D eigenvalue weighted by atomic mass is 16.5. The van der Waals surface area contributed by atoms with E-state index in [1.54, 1.807) is 7.11 Å². The summed E-state index contributed by atoms with van der Waals surface area (Å²) >= 11 is 0. The predicted octanol–water partition coefficient (Wildman–Crippen LogP) is 2.71. The van der Waals surface area contributed by atoms with Gasteiger partial charge in [0.1, 0.15) is 5.75 Å². The average Bonchev–Trinajstić information content (AvgIpc) is 2.36. The third-order valence-electron chi connectivity index (χ3n) is 3.21. The molecule has 100 valence electrons. The number of methoxy groups -OCH3 is 1. The van der Waals surface area contributed by atoms with E-state index < -0.39 is 5.54 Å². The van der Waals surface area contributed by atoms with E-state index in [0.29, 0.717) is 6.42 Å². The Morgan fingerprint density at radius 1 is 1.33 bits per heavy atom. The van der Waals surface area contributed by atoms with Gasteiger partial charge in [0.05, 0.1) is 12.6 Å². The van der Waals surface area contributed by atoms with Crippen LogP contribution in [-0.2, 0) is 11.2 Å². The molecule has 0 spiro atoms. The maximum absolute atomic E-state index is 12.0. The molecule has 0 aliphatic heterocycles. The zero-order valence-electron chi connectivity index (χ0n) is 11.5. The van der Waals surface area contributed by atoms with Crippen LogP contribution in [0.25, 0.3) is 0 Å². The Bertz CT molecular complexity index is 382. The van der Waals surface area contributed by atoms with E-state index in [-0.39, 0.29) is 5.78 Å². The van der Waals surface area contributed by atoms with Gasteiger partial charge in [-0.15, -0.1) is 0 Å². The van der Waals surface area contributed by atoms with E-state index in [1.165, 1.54) is 0 Å². The van der Waals surface area contributed by atoms with Gasteiger partial charge in [0.2, 0.25) is 0 Å². The minimum atomic E-state index is -0.679. The van der Waals surface area contributed by atoms with Crippen LogP contribution in [0.2, 0.25) is 0 Å². The summed E-state index contributed by atoms with van der Waals surface area (Å²) in [5.41, 5.74) is 6.47. The van der Waals surface area contributed by atoms with Gasteiger partial charge in [0.25, 0.3) is 0 Å². The number of Topliss-reactive ketones (excluding diaryl/α,β-unsaturated/α-hetero) is 1. The molecule has 1 rings (SSSR count). The third kappa shape index (κ3) is 4.15. The lowest BCUT2D eigenvalue weighted by atomic mass is 9.89. The van der Waals surface area contributed by atoms with E-state index in [0.717, 1.165) is 30.6 Å². The van der Waals surface area contributed by atoms with Crippen molar-refractivity contribution in [3.8, 4) is 5.75 Å². The summed E-state index contributed by atoms with van der Waals surface area (Å²) in [6, 6.07) is 7.79. The molecule has 0 saturated carbocycles. The minimum Gasteiger partial charge on any atom is -0.497 e. The molecule has 0 aromatic heterocycles. The van der Waals surface area contributed by atoms with E-state index in [2.05, 4.69) is 0 Å². The van der Waals surface area contributed by atoms with Gasteiger partial charge in [-0.1, -0.05) is 25.5 Å². The molecule has 3 heteroatoms. The molecule has 18 heavy (non-hydrogen) atoms. The van der Waals surface area contributed by atoms with Gasteiger partial charge in [0.15, 0.2) is 5.78 Å². The fourth-order valence-corrected chi connectivity index (χ4v) is 1.99. The van der Waals surface area contributed by atoms with Crippen LogP contribution in [0.15, 0.2) is 24.3 Å². The van der Waals surface area contributed by atoms with Crippen molar-refractivity contribution < 1.29 is 9.53 Å². The van der Waals surface area contributed by atoms with Gasteiger partial charge in [-0.2, -0.15) is 0 Å². The van der Waals surface area contributed by atoms with E-state index in [1.807, 2.05) is 38.1 Å². The lowest BCUT2D eigenvalue weighted by molar-refractivity contribution is -0.123. The van der Waals surface area contributed by atoms with Crippen LogP contribution in [0.3, 0.4) is 0 Å². The number of hydrogen-bond donors (Lipinski definition) is 1. The molecule has 3 nitrogen and oxygen atoms in total. The first-order valence-corrected chi connectivity index (χ1v) is 6.44. The van der Waals surface area contributed by atoms with Crippen LogP contribution >= 0.6 is 0 Å². The zero-order chi connectivity index (χ0) is 13.6. The molecule has 0 aliphatic carbocycles. The number of ether oxygens (including phenoxy) is 1. The molecule has 0 saturated heterocycles. The smallest absolute Gasteiger partial charge is 0.152 e. The molecule has 0 amide bonds. The lowest BCUT2D eigenvalue weighted by Gasteiger charge is -2.22. The number of carbonyl (C=O) groups excluding carboxylic acids is 1. The van der Waals surface area contributed by atoms with Crippen LogP contribution in [0.4, 0.5) is 0 Å². The van der Waals surface area contributed by atoms with Crippen molar-refractivity contribution in [2.24, 2.45) is 5.73 Å². The molecule has 1 unspecified atom stereocenters. The Kier molecular flexibility index (Phi) is 5.35. The monoisotopic (exact) mass is 249 g/mol. The normalized spacial score (nSPS) is 14.0. The Morgan fingerprint density at radius 2 is 1.94 bits per heavy atom. The Hall–Kier alpha value is -1.35. The number of aryl methyl sites for hydroxylation is 1. The van der Waals surface area contributed by atoms with E-state index >= 15 is 0 Å². The molecular formula is C15H23NO2. The van der Waals surface area contributed by atoms with E-state index in [9.17, 15) is 4.79 Å². The maximum atomic E-state index is 12.0. The Morgan fingerprint density at radius 3 is 2.44 bits per heavy atom. The predicted molar refractivity (Wildman–Crippen MR) is 73.8 cm³/mol. The average molecular weight is 249 g/mol. The van der Waals surface area contributed by atoms with E-state index in [4.69, 9.17) is 10.5 Å². The Balaban J connectivity index is 2.51. The molecule has 1 aromatic rings. The summed E-state index contributed by atoms with van der Waals surface area (Å²) in [6.45, 7) is 3.87. The second-order valence-electron chi connectivity index (χ2n) is 4.94. The molecule has 0 bridgehead atoms. The van der Waals surface area contributed by atoms with Crippen LogP contribution in [0.1, 0.15) is 38.7 Å². The number of benzene rings is 1. The van der Waals surface area contributed by atoms with Gasteiger partial charge < -0.3 is 10.5 Å². The second-order valence-corrected chi connectivity index (χ2v) is 4.94. The van der Waals surface area contributed by atoms with Gasteiger partial charge in [-0.05, 0) is 37.5 Å². The first-order chi connectivity index (χ1) is 8.49. The standard InChI is InChI=1S/C15H23NO2/c1-4-11-15(2,16)14(17)10-7-12-5-8-13(18-3)9-6-12/h5-6,8-9H,4,7,10-11,16H2,1-3H3. The van der Waals surface area contributed by atoms with Gasteiger partial charge in [-0.3, -0.25) is 4.79 Å². The summed E-state index contributed by atoms with van der Waals surface area (Å²) in [5, 5.41) is 0. The molecule has 2 N–H and O–H groups in total. The summed E-state index contributed by atoms with van der Waals surface area (Å²) in [7, 11) is 1.64. The SMILES string of the molecule is CCCC(C)(N)C(=O)CCc1ccc(OC)cc1. The van der Waals surface area contributed by atoms with Gasteiger partial charge in [-0.25, -0.2) is 0 Å². The van der Waals surface area contributed by atoms with Crippen molar-refractivity contribution in [3.05, 3.63) is 29.8 Å². The van der Waals surface area contributed by atoms with Crippen molar-refractivity contribution in [2.75, 3.05) is 7.11 Å². The highest BCUT2D eigenvalue weighted by Crippen LogP contribution is 2.16. The highest BCUT2D eigenvalue weighted by Gasteiger charge is 2.26. The zero-order valence-corrected chi connectivity index (χ0v) is 11.5. The number of ketones is 1. The molecule has 1 atom stereocenters. The molecule has 1 aromatic carbocycles. The molecule has 0 fully saturated rings. The van der Waals surface area contributed by atoms with Crippen molar-refractivity contribution >= 4 is 5.78 Å². The van der Waals surface area contributed by atoms with Crippen LogP contribution < -0.4 is 10.5 Å². The van der Waals surface area contributed by atoms with Crippen molar-refractivity contribution in [3.63, 3.8) is 0 Å². The number of rotatable bonds is 7. The van der Waals surface area contributed by atoms with Crippen molar-refractivity contribution in [2.45, 2.75) is 45.1 Å². The fraction of sp³-hybridized carbons (Fsp3) is 0.533. The molecule has 0 aliphatic rings. The van der Waals surface area contributed by atoms with Crippen LogP contribution in [-0.4, -0.2) is 18.4 Å². The minimum absolute atomic E-state index is 0.139. The fourth-order valence-electron chi connectivity index (χ4n) is 1.99. The van der Waals surface area contributed by atoms with Crippen molar-refractivity contribution in [1.29, 1.82) is 0 Å². The number of nitrogens with two attached hydrogens (primary N) is 1. The number of hydrogen-bond acceptors (Lipinski definition) is 3. The molecule has 0 radical (unpaired) electrons. The molecule has 0 heterocycles. The topological polar surface area (TPSA) is 52.3 Å². The first-order valence-electron chi connectivity index (χ1n) is 6.44. The van der Waals surface area contributed by atoms with Crippen molar-refractivity contribution in [1.82, 2.24) is 0 Å². The van der Waals surface area contributed by atoms with Crippen LogP contribution in [0, 0.1) is 0 Å². The van der Waals surface area contributed by atoms with Gasteiger partial charge in [0, 0.05) is 6.42 Å². The third-order valence-corrected chi connectivity index (χ3v) is 3.21. The molecular weight excluding hydrogens is 226 g/mol. The van der Waals surface area contributed by atoms with Gasteiger partial charge >= 0.3 is 0 Å². The summed E-state index contributed by atoms with van der Waals surface area (Å²) in [4.78, 5) is 12.0. The largest absolute Gasteiger partial charge is 0.497 e. The summed E-state index contributed by atoms with van der Waals surface area (Å²) in [5.74, 6) is 0.972. The number of carbonyl (C=O) groups is 1. The van der Waals surface area contributed by atoms with Crippen LogP contribution in [0.5, 0.6) is 5.75 Å². The maximum Gasteiger partial charge on any atom is 0.152 e. The second kappa shape index (κ2) is 6.55. The Labute approximate surface area is 109 Å².